The van der Waals surface area contributed by atoms with Crippen molar-refractivity contribution in [1.29, 1.82) is 0 Å². The molecule has 0 heterocycles. The lowest BCUT2D eigenvalue weighted by Crippen LogP contribution is -2.34. The average molecular weight is 373 g/mol. The first-order chi connectivity index (χ1) is 9.70. The van der Waals surface area contributed by atoms with E-state index in [1.54, 1.807) is 0 Å². The summed E-state index contributed by atoms with van der Waals surface area (Å²) in [6.45, 7) is 3.97. The molecule has 1 N–H and O–H groups in total. The first kappa shape index (κ1) is 18.6. The molecular formula is C13H16Cl3NO3S. The van der Waals surface area contributed by atoms with Gasteiger partial charge in [0.05, 0.1) is 15.6 Å². The summed E-state index contributed by atoms with van der Waals surface area (Å²) in [6, 6.07) is 2.31. The van der Waals surface area contributed by atoms with Gasteiger partial charge >= 0.3 is 0 Å². The van der Waals surface area contributed by atoms with Gasteiger partial charge in [0.2, 0.25) is 0 Å². The molecule has 1 rings (SSSR count). The zero-order chi connectivity index (χ0) is 16.2. The molecule has 0 radical (unpaired) electrons. The van der Waals surface area contributed by atoms with E-state index in [4.69, 9.17) is 33.9 Å². The molecule has 0 aliphatic rings. The van der Waals surface area contributed by atoms with Gasteiger partial charge in [-0.15, -0.1) is 0 Å². The molecule has 0 saturated heterocycles. The van der Waals surface area contributed by atoms with E-state index in [2.05, 4.69) is 5.32 Å². The summed E-state index contributed by atoms with van der Waals surface area (Å²) in [5.74, 6) is -0.446. The maximum atomic E-state index is 12.2. The zero-order valence-corrected chi connectivity index (χ0v) is 14.7. The topological polar surface area (TPSA) is 63.2 Å². The van der Waals surface area contributed by atoms with Crippen LogP contribution in [0.4, 0.5) is 0 Å². The second-order valence-corrected chi connectivity index (χ2v) is 7.92. The number of hydrogen-bond acceptors (Lipinski definition) is 3. The SMILES string of the molecule is CCCC(CC)NC(=O)c1cc(S(=O)(=O)Cl)c(Cl)cc1Cl. The number of carbonyl (C=O) groups is 1. The number of halogens is 3. The van der Waals surface area contributed by atoms with E-state index in [0.29, 0.717) is 0 Å². The Balaban J connectivity index is 3.15. The third-order valence-electron chi connectivity index (χ3n) is 2.99. The van der Waals surface area contributed by atoms with Gasteiger partial charge in [-0.25, -0.2) is 8.42 Å². The number of amides is 1. The van der Waals surface area contributed by atoms with E-state index >= 15 is 0 Å². The highest BCUT2D eigenvalue weighted by molar-refractivity contribution is 8.13. The zero-order valence-electron chi connectivity index (χ0n) is 11.6. The quantitative estimate of drug-likeness (QED) is 0.760. The third kappa shape index (κ3) is 5.02. The van der Waals surface area contributed by atoms with Gasteiger partial charge in [-0.3, -0.25) is 4.79 Å². The van der Waals surface area contributed by atoms with Crippen molar-refractivity contribution < 1.29 is 13.2 Å². The molecule has 1 unspecified atom stereocenters. The van der Waals surface area contributed by atoms with Gasteiger partial charge in [-0.1, -0.05) is 43.5 Å². The molecule has 0 fully saturated rings. The van der Waals surface area contributed by atoms with E-state index in [0.717, 1.165) is 25.3 Å². The molecule has 0 aliphatic carbocycles. The van der Waals surface area contributed by atoms with E-state index in [1.165, 1.54) is 6.07 Å². The molecule has 0 spiro atoms. The summed E-state index contributed by atoms with van der Waals surface area (Å²) >= 11 is 11.8. The van der Waals surface area contributed by atoms with Crippen LogP contribution in [0.25, 0.3) is 0 Å². The van der Waals surface area contributed by atoms with Crippen molar-refractivity contribution in [3.63, 3.8) is 0 Å². The van der Waals surface area contributed by atoms with Crippen molar-refractivity contribution in [3.8, 4) is 0 Å². The molecule has 0 aliphatic heterocycles. The maximum absolute atomic E-state index is 12.2. The van der Waals surface area contributed by atoms with Gasteiger partial charge in [0.1, 0.15) is 4.90 Å². The van der Waals surface area contributed by atoms with E-state index in [1.807, 2.05) is 13.8 Å². The van der Waals surface area contributed by atoms with Crippen molar-refractivity contribution in [2.75, 3.05) is 0 Å². The van der Waals surface area contributed by atoms with Crippen molar-refractivity contribution in [2.45, 2.75) is 44.0 Å². The lowest BCUT2D eigenvalue weighted by Gasteiger charge is -2.17. The van der Waals surface area contributed by atoms with Gasteiger partial charge < -0.3 is 5.32 Å². The van der Waals surface area contributed by atoms with Gasteiger partial charge in [0.25, 0.3) is 15.0 Å². The minimum atomic E-state index is -4.05. The van der Waals surface area contributed by atoms with Crippen LogP contribution in [-0.2, 0) is 9.05 Å². The van der Waals surface area contributed by atoms with Gasteiger partial charge in [0.15, 0.2) is 0 Å². The molecule has 1 amide bonds. The van der Waals surface area contributed by atoms with Crippen LogP contribution in [0.2, 0.25) is 10.0 Å². The monoisotopic (exact) mass is 371 g/mol. The fourth-order valence-corrected chi connectivity index (χ4v) is 3.71. The Kier molecular flexibility index (Phi) is 6.78. The summed E-state index contributed by atoms with van der Waals surface area (Å²) < 4.78 is 22.9. The minimum Gasteiger partial charge on any atom is -0.349 e. The van der Waals surface area contributed by atoms with Gasteiger partial charge in [-0.05, 0) is 25.0 Å². The molecule has 118 valence electrons. The Morgan fingerprint density at radius 3 is 2.33 bits per heavy atom. The lowest BCUT2D eigenvalue weighted by atomic mass is 10.1. The van der Waals surface area contributed by atoms with Crippen LogP contribution in [0.1, 0.15) is 43.5 Å². The Hall–Kier alpha value is -0.490. The molecule has 1 atom stereocenters. The Morgan fingerprint density at radius 2 is 1.86 bits per heavy atom. The number of rotatable bonds is 6. The lowest BCUT2D eigenvalue weighted by molar-refractivity contribution is 0.0933. The normalized spacial score (nSPS) is 13.0. The van der Waals surface area contributed by atoms with Crippen LogP contribution in [0.15, 0.2) is 17.0 Å². The van der Waals surface area contributed by atoms with Crippen molar-refractivity contribution >= 4 is 48.8 Å². The molecule has 0 bridgehead atoms. The Labute approximate surface area is 139 Å². The molecule has 0 aromatic heterocycles. The van der Waals surface area contributed by atoms with Crippen LogP contribution in [0.5, 0.6) is 0 Å². The second kappa shape index (κ2) is 7.68. The summed E-state index contributed by atoms with van der Waals surface area (Å²) in [6.07, 6.45) is 2.52. The van der Waals surface area contributed by atoms with E-state index < -0.39 is 15.0 Å². The highest BCUT2D eigenvalue weighted by atomic mass is 35.7. The average Bonchev–Trinajstić information content (AvgIpc) is 2.36. The number of carbonyl (C=O) groups excluding carboxylic acids is 1. The fourth-order valence-electron chi connectivity index (χ4n) is 1.88. The Bertz CT molecular complexity index is 632. The highest BCUT2D eigenvalue weighted by Crippen LogP contribution is 2.30. The molecule has 1 aromatic carbocycles. The van der Waals surface area contributed by atoms with Gasteiger partial charge in [-0.2, -0.15) is 0 Å². The first-order valence-electron chi connectivity index (χ1n) is 6.45. The molecule has 21 heavy (non-hydrogen) atoms. The minimum absolute atomic E-state index is 0.00491. The van der Waals surface area contributed by atoms with Crippen LogP contribution >= 0.6 is 33.9 Å². The van der Waals surface area contributed by atoms with Crippen LogP contribution in [-0.4, -0.2) is 20.4 Å². The number of benzene rings is 1. The summed E-state index contributed by atoms with van der Waals surface area (Å²) in [5.41, 5.74) is 0.0369. The summed E-state index contributed by atoms with van der Waals surface area (Å²) in [5, 5.41) is 2.78. The summed E-state index contributed by atoms with van der Waals surface area (Å²) in [4.78, 5) is 11.9. The maximum Gasteiger partial charge on any atom is 0.262 e. The summed E-state index contributed by atoms with van der Waals surface area (Å²) in [7, 11) is 1.24. The molecule has 1 aromatic rings. The predicted octanol–water partition coefficient (Wildman–Crippen LogP) is 4.23. The van der Waals surface area contributed by atoms with E-state index in [9.17, 15) is 13.2 Å². The largest absolute Gasteiger partial charge is 0.349 e. The van der Waals surface area contributed by atoms with Crippen molar-refractivity contribution in [2.24, 2.45) is 0 Å². The predicted molar refractivity (Wildman–Crippen MR) is 86.0 cm³/mol. The van der Waals surface area contributed by atoms with Gasteiger partial charge in [0, 0.05) is 16.7 Å². The van der Waals surface area contributed by atoms with Crippen LogP contribution < -0.4 is 5.32 Å². The number of hydrogen-bond donors (Lipinski definition) is 1. The first-order valence-corrected chi connectivity index (χ1v) is 9.51. The number of nitrogens with one attached hydrogen (secondary N) is 1. The van der Waals surface area contributed by atoms with Crippen LogP contribution in [0, 0.1) is 0 Å². The standard InChI is InChI=1S/C13H16Cl3NO3S/c1-3-5-8(4-2)17-13(18)9-6-12(21(16,19)20)11(15)7-10(9)14/h6-8H,3-5H2,1-2H3,(H,17,18). The smallest absolute Gasteiger partial charge is 0.262 e. The molecular weight excluding hydrogens is 357 g/mol. The molecule has 4 nitrogen and oxygen atoms in total. The molecule has 0 saturated carbocycles. The van der Waals surface area contributed by atoms with E-state index in [-0.39, 0.29) is 26.5 Å². The second-order valence-electron chi connectivity index (χ2n) is 4.57. The Morgan fingerprint density at radius 1 is 1.24 bits per heavy atom. The fraction of sp³-hybridized carbons (Fsp3) is 0.462. The van der Waals surface area contributed by atoms with Crippen molar-refractivity contribution in [1.82, 2.24) is 5.32 Å². The van der Waals surface area contributed by atoms with Crippen molar-refractivity contribution in [3.05, 3.63) is 27.7 Å². The molecule has 8 heteroatoms. The van der Waals surface area contributed by atoms with Crippen LogP contribution in [0.3, 0.4) is 0 Å². The highest BCUT2D eigenvalue weighted by Gasteiger charge is 2.21. The third-order valence-corrected chi connectivity index (χ3v) is 5.09.